The summed E-state index contributed by atoms with van der Waals surface area (Å²) < 4.78 is 11.7. The van der Waals surface area contributed by atoms with Crippen LogP contribution in [0.4, 0.5) is 0 Å². The van der Waals surface area contributed by atoms with Gasteiger partial charge in [-0.15, -0.1) is 0 Å². The molecular weight excluding hydrogens is 484 g/mol. The van der Waals surface area contributed by atoms with Crippen molar-refractivity contribution in [1.82, 2.24) is 5.43 Å². The first kappa shape index (κ1) is 22.5. The molecule has 0 radical (unpaired) electrons. The van der Waals surface area contributed by atoms with Gasteiger partial charge in [-0.25, -0.2) is 10.2 Å². The Balaban J connectivity index is 1.73. The van der Waals surface area contributed by atoms with Gasteiger partial charge in [-0.2, -0.15) is 5.10 Å². The number of carbonyl (C=O) groups excluding carboxylic acids is 2. The second kappa shape index (κ2) is 10.7. The molecule has 0 unspecified atom stereocenters. The van der Waals surface area contributed by atoms with Crippen LogP contribution in [-0.4, -0.2) is 24.7 Å². The first-order valence-corrected chi connectivity index (χ1v) is 10.5. The number of ether oxygens (including phenoxy) is 2. The Kier molecular flexibility index (Phi) is 7.81. The molecule has 0 aliphatic carbocycles. The van der Waals surface area contributed by atoms with Gasteiger partial charge in [-0.05, 0) is 70.9 Å². The topological polar surface area (TPSA) is 77.0 Å². The van der Waals surface area contributed by atoms with Crippen LogP contribution in [0.1, 0.15) is 33.2 Å². The molecule has 0 aliphatic rings. The van der Waals surface area contributed by atoms with Gasteiger partial charge in [0.15, 0.2) is 11.5 Å². The van der Waals surface area contributed by atoms with E-state index in [1.807, 2.05) is 13.0 Å². The summed E-state index contributed by atoms with van der Waals surface area (Å²) in [6, 6.07) is 18.6. The number of benzene rings is 3. The third kappa shape index (κ3) is 5.93. The number of hydrogen-bond donors (Lipinski definition) is 1. The second-order valence-electron chi connectivity index (χ2n) is 6.19. The third-order valence-electron chi connectivity index (χ3n) is 4.06. The minimum Gasteiger partial charge on any atom is -0.490 e. The highest BCUT2D eigenvalue weighted by Crippen LogP contribution is 2.29. The van der Waals surface area contributed by atoms with Crippen LogP contribution in [0.5, 0.6) is 11.5 Å². The summed E-state index contributed by atoms with van der Waals surface area (Å²) in [6.45, 7) is 2.19. The van der Waals surface area contributed by atoms with Crippen LogP contribution < -0.4 is 14.9 Å². The zero-order valence-electron chi connectivity index (χ0n) is 16.5. The van der Waals surface area contributed by atoms with Crippen LogP contribution in [0.25, 0.3) is 0 Å². The lowest BCUT2D eigenvalue weighted by Crippen LogP contribution is -2.18. The second-order valence-corrected chi connectivity index (χ2v) is 7.45. The SMILES string of the molecule is CCOc1cc(C=NNC(=O)c2ccccc2Br)ccc1OC(=O)c1ccccc1Cl. The number of rotatable bonds is 7. The Hall–Kier alpha value is -3.16. The van der Waals surface area contributed by atoms with Crippen molar-refractivity contribution in [1.29, 1.82) is 0 Å². The summed E-state index contributed by atoms with van der Waals surface area (Å²) in [5.41, 5.74) is 3.85. The summed E-state index contributed by atoms with van der Waals surface area (Å²) in [5, 5.41) is 4.28. The number of halogens is 2. The molecule has 0 fully saturated rings. The normalized spacial score (nSPS) is 10.7. The van der Waals surface area contributed by atoms with Crippen molar-refractivity contribution < 1.29 is 19.1 Å². The number of hydrazone groups is 1. The molecule has 0 heterocycles. The summed E-state index contributed by atoms with van der Waals surface area (Å²) in [7, 11) is 0. The van der Waals surface area contributed by atoms with E-state index in [0.717, 1.165) is 0 Å². The van der Waals surface area contributed by atoms with Crippen molar-refractivity contribution in [2.24, 2.45) is 5.10 Å². The molecule has 0 atom stereocenters. The fourth-order valence-electron chi connectivity index (χ4n) is 2.61. The monoisotopic (exact) mass is 500 g/mol. The average Bonchev–Trinajstić information content (AvgIpc) is 2.76. The van der Waals surface area contributed by atoms with Crippen molar-refractivity contribution in [3.8, 4) is 11.5 Å². The van der Waals surface area contributed by atoms with E-state index in [2.05, 4.69) is 26.5 Å². The van der Waals surface area contributed by atoms with Gasteiger partial charge < -0.3 is 9.47 Å². The van der Waals surface area contributed by atoms with E-state index in [1.165, 1.54) is 6.21 Å². The van der Waals surface area contributed by atoms with Crippen LogP contribution in [0.2, 0.25) is 5.02 Å². The van der Waals surface area contributed by atoms with Gasteiger partial charge in [0, 0.05) is 4.47 Å². The third-order valence-corrected chi connectivity index (χ3v) is 5.08. The number of hydrogen-bond acceptors (Lipinski definition) is 5. The van der Waals surface area contributed by atoms with Crippen LogP contribution in [0.3, 0.4) is 0 Å². The van der Waals surface area contributed by atoms with Crippen molar-refractivity contribution >= 4 is 45.6 Å². The lowest BCUT2D eigenvalue weighted by Gasteiger charge is -2.12. The standard InChI is InChI=1S/C23H18BrClN2O4/c1-2-30-21-13-15(14-26-27-22(28)16-7-3-5-9-18(16)24)11-12-20(21)31-23(29)17-8-4-6-10-19(17)25/h3-14H,2H2,1H3,(H,27,28). The molecule has 1 N–H and O–H groups in total. The maximum absolute atomic E-state index is 12.4. The van der Waals surface area contributed by atoms with Gasteiger partial charge >= 0.3 is 5.97 Å². The van der Waals surface area contributed by atoms with Crippen molar-refractivity contribution in [2.75, 3.05) is 6.61 Å². The maximum Gasteiger partial charge on any atom is 0.345 e. The zero-order chi connectivity index (χ0) is 22.2. The predicted molar refractivity (Wildman–Crippen MR) is 123 cm³/mol. The van der Waals surface area contributed by atoms with Gasteiger partial charge in [0.05, 0.1) is 29.0 Å². The molecule has 3 aromatic rings. The van der Waals surface area contributed by atoms with Crippen LogP contribution in [0.15, 0.2) is 76.3 Å². The molecule has 31 heavy (non-hydrogen) atoms. The van der Waals surface area contributed by atoms with Crippen molar-refractivity contribution in [3.63, 3.8) is 0 Å². The lowest BCUT2D eigenvalue weighted by molar-refractivity contribution is 0.0728. The Morgan fingerprint density at radius 3 is 2.45 bits per heavy atom. The molecule has 0 bridgehead atoms. The minimum absolute atomic E-state index is 0.251. The summed E-state index contributed by atoms with van der Waals surface area (Å²) in [4.78, 5) is 24.7. The van der Waals surface area contributed by atoms with E-state index in [4.69, 9.17) is 21.1 Å². The maximum atomic E-state index is 12.4. The Morgan fingerprint density at radius 2 is 1.74 bits per heavy atom. The van der Waals surface area contributed by atoms with E-state index < -0.39 is 5.97 Å². The molecule has 0 saturated heterocycles. The van der Waals surface area contributed by atoms with E-state index in [0.29, 0.717) is 33.0 Å². The summed E-state index contributed by atoms with van der Waals surface area (Å²) in [6.07, 6.45) is 1.47. The van der Waals surface area contributed by atoms with E-state index in [-0.39, 0.29) is 17.2 Å². The quantitative estimate of drug-likeness (QED) is 0.201. The number of carbonyl (C=O) groups is 2. The molecule has 3 aromatic carbocycles. The highest BCUT2D eigenvalue weighted by molar-refractivity contribution is 9.10. The van der Waals surface area contributed by atoms with Crippen molar-refractivity contribution in [3.05, 3.63) is 92.9 Å². The minimum atomic E-state index is -0.589. The molecule has 0 aromatic heterocycles. The molecule has 0 saturated carbocycles. The number of nitrogens with one attached hydrogen (secondary N) is 1. The summed E-state index contributed by atoms with van der Waals surface area (Å²) >= 11 is 9.39. The smallest absolute Gasteiger partial charge is 0.345 e. The first-order chi connectivity index (χ1) is 15.0. The van der Waals surface area contributed by atoms with E-state index in [1.54, 1.807) is 60.7 Å². The Bertz CT molecular complexity index is 1130. The van der Waals surface area contributed by atoms with Gasteiger partial charge in [0.2, 0.25) is 0 Å². The summed E-state index contributed by atoms with van der Waals surface area (Å²) in [5.74, 6) is -0.321. The van der Waals surface area contributed by atoms with Crippen molar-refractivity contribution in [2.45, 2.75) is 6.92 Å². The molecular formula is C23H18BrClN2O4. The highest BCUT2D eigenvalue weighted by atomic mass is 79.9. The molecule has 3 rings (SSSR count). The molecule has 6 nitrogen and oxygen atoms in total. The van der Waals surface area contributed by atoms with Gasteiger partial charge in [0.25, 0.3) is 5.91 Å². The van der Waals surface area contributed by atoms with Crippen LogP contribution in [0, 0.1) is 0 Å². The average molecular weight is 502 g/mol. The van der Waals surface area contributed by atoms with Gasteiger partial charge in [-0.1, -0.05) is 35.9 Å². The van der Waals surface area contributed by atoms with Crippen LogP contribution in [-0.2, 0) is 0 Å². The lowest BCUT2D eigenvalue weighted by atomic mass is 10.2. The predicted octanol–water partition coefficient (Wildman–Crippen LogP) is 5.48. The van der Waals surface area contributed by atoms with E-state index >= 15 is 0 Å². The molecule has 0 spiro atoms. The molecule has 8 heteroatoms. The zero-order valence-corrected chi connectivity index (χ0v) is 18.8. The highest BCUT2D eigenvalue weighted by Gasteiger charge is 2.15. The fourth-order valence-corrected chi connectivity index (χ4v) is 3.29. The Morgan fingerprint density at radius 1 is 1.03 bits per heavy atom. The molecule has 158 valence electrons. The van der Waals surface area contributed by atoms with Gasteiger partial charge in [-0.3, -0.25) is 4.79 Å². The molecule has 0 aliphatic heterocycles. The number of nitrogens with zero attached hydrogens (tertiary/aromatic N) is 1. The van der Waals surface area contributed by atoms with Gasteiger partial charge in [0.1, 0.15) is 0 Å². The Labute approximate surface area is 193 Å². The first-order valence-electron chi connectivity index (χ1n) is 9.31. The molecule has 1 amide bonds. The van der Waals surface area contributed by atoms with E-state index in [9.17, 15) is 9.59 Å². The fraction of sp³-hybridized carbons (Fsp3) is 0.0870. The number of esters is 1. The largest absolute Gasteiger partial charge is 0.490 e. The van der Waals surface area contributed by atoms with Crippen LogP contribution >= 0.6 is 27.5 Å². The number of amides is 1.